The Balaban J connectivity index is 2.41. The third-order valence-corrected chi connectivity index (χ3v) is 5.83. The van der Waals surface area contributed by atoms with E-state index in [1.807, 2.05) is 6.92 Å². The fourth-order valence-corrected chi connectivity index (χ4v) is 4.16. The van der Waals surface area contributed by atoms with Crippen molar-refractivity contribution in [2.24, 2.45) is 0 Å². The van der Waals surface area contributed by atoms with Crippen LogP contribution < -0.4 is 0 Å². The van der Waals surface area contributed by atoms with Gasteiger partial charge in [-0.3, -0.25) is 4.79 Å². The first-order valence-corrected chi connectivity index (χ1v) is 8.77. The Kier molecular flexibility index (Phi) is 5.00. The summed E-state index contributed by atoms with van der Waals surface area (Å²) in [6.07, 6.45) is 2.82. The number of nitrogens with zero attached hydrogens (tertiary/aromatic N) is 2. The van der Waals surface area contributed by atoms with Gasteiger partial charge in [0, 0.05) is 26.7 Å². The number of benzene rings is 1. The number of carbonyl (C=O) groups is 1. The molecule has 0 unspecified atom stereocenters. The average molecular weight is 310 g/mol. The molecule has 1 aromatic rings. The number of hydrogen-bond donors (Lipinski definition) is 0. The fourth-order valence-electron chi connectivity index (χ4n) is 2.46. The highest BCUT2D eigenvalue weighted by Gasteiger charge is 2.30. The molecule has 1 fully saturated rings. The van der Waals surface area contributed by atoms with Crippen molar-refractivity contribution < 1.29 is 13.2 Å². The Labute approximate surface area is 126 Å². The first-order valence-electron chi connectivity index (χ1n) is 7.33. The van der Waals surface area contributed by atoms with Crippen molar-refractivity contribution in [3.05, 3.63) is 29.8 Å². The van der Waals surface area contributed by atoms with Crippen molar-refractivity contribution in [2.45, 2.75) is 31.1 Å². The van der Waals surface area contributed by atoms with Crippen LogP contribution in [0.5, 0.6) is 0 Å². The van der Waals surface area contributed by atoms with Crippen LogP contribution in [-0.2, 0) is 10.0 Å². The Morgan fingerprint density at radius 1 is 1.19 bits per heavy atom. The van der Waals surface area contributed by atoms with Crippen molar-refractivity contribution in [3.63, 3.8) is 0 Å². The summed E-state index contributed by atoms with van der Waals surface area (Å²) in [6.45, 7) is 3.47. The van der Waals surface area contributed by atoms with Crippen molar-refractivity contribution in [3.8, 4) is 0 Å². The molecule has 0 aliphatic carbocycles. The van der Waals surface area contributed by atoms with E-state index in [1.54, 1.807) is 25.2 Å². The monoisotopic (exact) mass is 310 g/mol. The van der Waals surface area contributed by atoms with Crippen LogP contribution in [0.1, 0.15) is 36.5 Å². The van der Waals surface area contributed by atoms with Crippen LogP contribution in [0, 0.1) is 0 Å². The molecule has 1 aromatic carbocycles. The normalized spacial score (nSPS) is 16.7. The van der Waals surface area contributed by atoms with Crippen LogP contribution in [0.4, 0.5) is 0 Å². The van der Waals surface area contributed by atoms with E-state index < -0.39 is 10.0 Å². The smallest absolute Gasteiger partial charge is 0.254 e. The molecule has 0 N–H and O–H groups in total. The second-order valence-electron chi connectivity index (χ2n) is 5.28. The second-order valence-corrected chi connectivity index (χ2v) is 7.19. The summed E-state index contributed by atoms with van der Waals surface area (Å²) in [5.41, 5.74) is 0.257. The molecule has 116 valence electrons. The molecule has 0 aromatic heterocycles. The zero-order valence-corrected chi connectivity index (χ0v) is 13.4. The number of rotatable bonds is 4. The predicted octanol–water partition coefficient (Wildman–Crippen LogP) is 1.95. The standard InChI is InChI=1S/C15H22N2O3S/c1-3-16(2)15(18)13-9-5-6-10-14(13)21(19,20)17-11-7-4-8-12-17/h5-6,9-10H,3-4,7-8,11-12H2,1-2H3. The van der Waals surface area contributed by atoms with Gasteiger partial charge in [0.15, 0.2) is 0 Å². The third-order valence-electron chi connectivity index (χ3n) is 3.87. The quantitative estimate of drug-likeness (QED) is 0.854. The summed E-state index contributed by atoms with van der Waals surface area (Å²) in [5.74, 6) is -0.256. The summed E-state index contributed by atoms with van der Waals surface area (Å²) in [7, 11) is -1.92. The Morgan fingerprint density at radius 2 is 1.81 bits per heavy atom. The molecule has 2 rings (SSSR count). The summed E-state index contributed by atoms with van der Waals surface area (Å²) in [4.78, 5) is 14.0. The van der Waals surface area contributed by atoms with Crippen molar-refractivity contribution in [1.82, 2.24) is 9.21 Å². The van der Waals surface area contributed by atoms with E-state index in [0.29, 0.717) is 19.6 Å². The first-order chi connectivity index (χ1) is 9.98. The lowest BCUT2D eigenvalue weighted by Gasteiger charge is -2.27. The maximum Gasteiger partial charge on any atom is 0.254 e. The van der Waals surface area contributed by atoms with E-state index in [0.717, 1.165) is 19.3 Å². The molecule has 6 heteroatoms. The second kappa shape index (κ2) is 6.58. The summed E-state index contributed by atoms with van der Waals surface area (Å²) in [6, 6.07) is 6.48. The van der Waals surface area contributed by atoms with Crippen molar-refractivity contribution >= 4 is 15.9 Å². The molecule has 0 atom stereocenters. The molecule has 1 aliphatic heterocycles. The van der Waals surface area contributed by atoms with E-state index in [1.165, 1.54) is 15.3 Å². The van der Waals surface area contributed by atoms with Crippen LogP contribution in [0.15, 0.2) is 29.2 Å². The van der Waals surface area contributed by atoms with Crippen LogP contribution in [0.25, 0.3) is 0 Å². The van der Waals surface area contributed by atoms with Gasteiger partial charge in [-0.1, -0.05) is 18.6 Å². The molecule has 21 heavy (non-hydrogen) atoms. The van der Waals surface area contributed by atoms with E-state index in [9.17, 15) is 13.2 Å². The van der Waals surface area contributed by atoms with Gasteiger partial charge in [-0.05, 0) is 31.9 Å². The van der Waals surface area contributed by atoms with E-state index in [2.05, 4.69) is 0 Å². The molecule has 1 amide bonds. The zero-order chi connectivity index (χ0) is 15.5. The van der Waals surface area contributed by atoms with Gasteiger partial charge < -0.3 is 4.90 Å². The third kappa shape index (κ3) is 3.27. The average Bonchev–Trinajstić information content (AvgIpc) is 2.54. The maximum atomic E-state index is 12.8. The highest BCUT2D eigenvalue weighted by atomic mass is 32.2. The van der Waals surface area contributed by atoms with E-state index in [4.69, 9.17) is 0 Å². The lowest BCUT2D eigenvalue weighted by Crippen LogP contribution is -2.37. The van der Waals surface area contributed by atoms with Gasteiger partial charge in [0.1, 0.15) is 0 Å². The van der Waals surface area contributed by atoms with Gasteiger partial charge in [0.05, 0.1) is 10.5 Å². The Hall–Kier alpha value is -1.40. The van der Waals surface area contributed by atoms with Gasteiger partial charge in [-0.15, -0.1) is 0 Å². The van der Waals surface area contributed by atoms with Gasteiger partial charge in [0.25, 0.3) is 5.91 Å². The topological polar surface area (TPSA) is 57.7 Å². The predicted molar refractivity (Wildman–Crippen MR) is 81.7 cm³/mol. The van der Waals surface area contributed by atoms with E-state index in [-0.39, 0.29) is 16.4 Å². The molecule has 1 heterocycles. The molecule has 1 aliphatic rings. The minimum Gasteiger partial charge on any atom is -0.342 e. The van der Waals surface area contributed by atoms with E-state index >= 15 is 0 Å². The summed E-state index contributed by atoms with van der Waals surface area (Å²) < 4.78 is 27.1. The van der Waals surface area contributed by atoms with Crippen LogP contribution in [0.3, 0.4) is 0 Å². The lowest BCUT2D eigenvalue weighted by molar-refractivity contribution is 0.0798. The largest absolute Gasteiger partial charge is 0.342 e. The number of amides is 1. The summed E-state index contributed by atoms with van der Waals surface area (Å²) in [5, 5.41) is 0. The molecule has 0 saturated carbocycles. The highest BCUT2D eigenvalue weighted by molar-refractivity contribution is 7.89. The fraction of sp³-hybridized carbons (Fsp3) is 0.533. The van der Waals surface area contributed by atoms with Crippen molar-refractivity contribution in [1.29, 1.82) is 0 Å². The maximum absolute atomic E-state index is 12.8. The molecule has 0 spiro atoms. The van der Waals surface area contributed by atoms with Crippen LogP contribution in [-0.4, -0.2) is 50.2 Å². The lowest BCUT2D eigenvalue weighted by atomic mass is 10.2. The molecule has 0 bridgehead atoms. The minimum atomic E-state index is -3.59. The SMILES string of the molecule is CCN(C)C(=O)c1ccccc1S(=O)(=O)N1CCCCC1. The molecule has 1 saturated heterocycles. The molecular formula is C15H22N2O3S. The molecular weight excluding hydrogens is 288 g/mol. The van der Waals surface area contributed by atoms with Gasteiger partial charge >= 0.3 is 0 Å². The molecule has 0 radical (unpaired) electrons. The van der Waals surface area contributed by atoms with Gasteiger partial charge in [-0.2, -0.15) is 4.31 Å². The number of sulfonamides is 1. The minimum absolute atomic E-state index is 0.122. The summed E-state index contributed by atoms with van der Waals surface area (Å²) >= 11 is 0. The first kappa shape index (κ1) is 16.0. The van der Waals surface area contributed by atoms with Crippen molar-refractivity contribution in [2.75, 3.05) is 26.7 Å². The Morgan fingerprint density at radius 3 is 2.43 bits per heavy atom. The van der Waals surface area contributed by atoms with Gasteiger partial charge in [-0.25, -0.2) is 8.42 Å². The highest BCUT2D eigenvalue weighted by Crippen LogP contribution is 2.24. The molecule has 5 nitrogen and oxygen atoms in total. The Bertz CT molecular complexity index is 607. The van der Waals surface area contributed by atoms with Crippen LogP contribution in [0.2, 0.25) is 0 Å². The number of hydrogen-bond acceptors (Lipinski definition) is 3. The number of piperidine rings is 1. The van der Waals surface area contributed by atoms with Crippen LogP contribution >= 0.6 is 0 Å². The van der Waals surface area contributed by atoms with Gasteiger partial charge in [0.2, 0.25) is 10.0 Å². The zero-order valence-electron chi connectivity index (χ0n) is 12.6. The number of carbonyl (C=O) groups excluding carboxylic acids is 1.